The molecule has 0 aliphatic rings. The highest BCUT2D eigenvalue weighted by Crippen LogP contribution is 2.26. The van der Waals surface area contributed by atoms with E-state index >= 15 is 0 Å². The van der Waals surface area contributed by atoms with Crippen LogP contribution >= 0.6 is 23.2 Å². The number of nitrogens with zero attached hydrogens (tertiary/aromatic N) is 1. The van der Waals surface area contributed by atoms with Crippen LogP contribution in [-0.2, 0) is 0 Å². The van der Waals surface area contributed by atoms with Gasteiger partial charge in [-0.15, -0.1) is 0 Å². The van der Waals surface area contributed by atoms with E-state index in [1.165, 1.54) is 12.1 Å². The van der Waals surface area contributed by atoms with Gasteiger partial charge < -0.3 is 4.98 Å². The van der Waals surface area contributed by atoms with Crippen molar-refractivity contribution in [3.05, 3.63) is 73.9 Å². The first kappa shape index (κ1) is 14.6. The van der Waals surface area contributed by atoms with E-state index in [9.17, 15) is 10.1 Å². The van der Waals surface area contributed by atoms with E-state index in [2.05, 4.69) is 4.98 Å². The lowest BCUT2D eigenvalue weighted by atomic mass is 10.1. The van der Waals surface area contributed by atoms with Crippen LogP contribution in [-0.4, -0.2) is 9.91 Å². The minimum Gasteiger partial charge on any atom is -0.355 e. The van der Waals surface area contributed by atoms with E-state index in [0.29, 0.717) is 15.6 Å². The molecule has 0 saturated heterocycles. The molecular formula is C16H10Cl2N2O2. The van der Waals surface area contributed by atoms with Crippen molar-refractivity contribution in [2.45, 2.75) is 0 Å². The average molecular weight is 333 g/mol. The normalized spacial score (nSPS) is 11.4. The highest BCUT2D eigenvalue weighted by Gasteiger charge is 2.11. The molecule has 0 unspecified atom stereocenters. The molecule has 1 heterocycles. The first-order chi connectivity index (χ1) is 10.5. The topological polar surface area (TPSA) is 58.9 Å². The Bertz CT molecular complexity index is 900. The third kappa shape index (κ3) is 2.98. The van der Waals surface area contributed by atoms with Crippen LogP contribution in [0.1, 0.15) is 11.3 Å². The second kappa shape index (κ2) is 5.83. The maximum absolute atomic E-state index is 11.0. The fourth-order valence-corrected chi connectivity index (χ4v) is 2.58. The van der Waals surface area contributed by atoms with Gasteiger partial charge in [0.05, 0.1) is 10.5 Å². The van der Waals surface area contributed by atoms with Crippen LogP contribution in [0.25, 0.3) is 23.1 Å². The maximum Gasteiger partial charge on any atom is 0.276 e. The average Bonchev–Trinajstić information content (AvgIpc) is 2.86. The molecular weight excluding hydrogens is 323 g/mol. The van der Waals surface area contributed by atoms with Crippen LogP contribution in [0, 0.1) is 10.1 Å². The van der Waals surface area contributed by atoms with Crippen LogP contribution < -0.4 is 0 Å². The number of rotatable bonds is 3. The van der Waals surface area contributed by atoms with Crippen molar-refractivity contribution in [1.82, 2.24) is 4.98 Å². The molecule has 4 nitrogen and oxygen atoms in total. The zero-order chi connectivity index (χ0) is 15.7. The molecule has 22 heavy (non-hydrogen) atoms. The minimum absolute atomic E-state index is 0.0137. The van der Waals surface area contributed by atoms with Crippen LogP contribution in [0.2, 0.25) is 10.0 Å². The Kier molecular flexibility index (Phi) is 3.88. The van der Waals surface area contributed by atoms with Crippen molar-refractivity contribution < 1.29 is 4.92 Å². The van der Waals surface area contributed by atoms with Crippen molar-refractivity contribution in [2.75, 3.05) is 0 Å². The van der Waals surface area contributed by atoms with Gasteiger partial charge in [-0.3, -0.25) is 10.1 Å². The summed E-state index contributed by atoms with van der Waals surface area (Å²) in [5.41, 5.74) is 2.24. The standard InChI is InChI=1S/C16H10Cl2N2O2/c17-12-2-5-15-11(8-12)9-14(19-15)4-1-10-7-13(18)3-6-16(10)20(21)22/h1-9,19H/b4-1+. The number of nitro groups is 1. The summed E-state index contributed by atoms with van der Waals surface area (Å²) in [4.78, 5) is 13.8. The SMILES string of the molecule is O=[N+]([O-])c1ccc(Cl)cc1/C=C/c1cc2cc(Cl)ccc2[nH]1. The van der Waals surface area contributed by atoms with Gasteiger partial charge in [0.15, 0.2) is 0 Å². The van der Waals surface area contributed by atoms with Crippen LogP contribution in [0.5, 0.6) is 0 Å². The fourth-order valence-electron chi connectivity index (χ4n) is 2.22. The summed E-state index contributed by atoms with van der Waals surface area (Å²) >= 11 is 11.9. The van der Waals surface area contributed by atoms with E-state index in [4.69, 9.17) is 23.2 Å². The number of hydrogen-bond donors (Lipinski definition) is 1. The molecule has 110 valence electrons. The van der Waals surface area contributed by atoms with Gasteiger partial charge in [0.25, 0.3) is 5.69 Å². The molecule has 0 atom stereocenters. The van der Waals surface area contributed by atoms with Gasteiger partial charge >= 0.3 is 0 Å². The number of aromatic amines is 1. The summed E-state index contributed by atoms with van der Waals surface area (Å²) in [5.74, 6) is 0. The molecule has 0 aliphatic heterocycles. The van der Waals surface area contributed by atoms with Crippen LogP contribution in [0.15, 0.2) is 42.5 Å². The van der Waals surface area contributed by atoms with E-state index in [1.807, 2.05) is 18.2 Å². The second-order valence-electron chi connectivity index (χ2n) is 4.75. The lowest BCUT2D eigenvalue weighted by Crippen LogP contribution is -1.90. The van der Waals surface area contributed by atoms with Gasteiger partial charge in [-0.1, -0.05) is 23.2 Å². The molecule has 1 N–H and O–H groups in total. The van der Waals surface area contributed by atoms with Crippen LogP contribution in [0.3, 0.4) is 0 Å². The lowest BCUT2D eigenvalue weighted by molar-refractivity contribution is -0.385. The predicted molar refractivity (Wildman–Crippen MR) is 90.3 cm³/mol. The largest absolute Gasteiger partial charge is 0.355 e. The molecule has 0 spiro atoms. The number of H-pyrrole nitrogens is 1. The third-order valence-corrected chi connectivity index (χ3v) is 3.70. The van der Waals surface area contributed by atoms with Gasteiger partial charge in [-0.05, 0) is 48.6 Å². The van der Waals surface area contributed by atoms with Gasteiger partial charge in [0.1, 0.15) is 0 Å². The van der Waals surface area contributed by atoms with Gasteiger partial charge in [-0.2, -0.15) is 0 Å². The van der Waals surface area contributed by atoms with Gasteiger partial charge in [0, 0.05) is 32.7 Å². The van der Waals surface area contributed by atoms with Gasteiger partial charge in [-0.25, -0.2) is 0 Å². The summed E-state index contributed by atoms with van der Waals surface area (Å²) in [5, 5.41) is 13.1. The number of benzene rings is 2. The number of fused-ring (bicyclic) bond motifs is 1. The molecule has 3 aromatic rings. The van der Waals surface area contributed by atoms with Crippen molar-refractivity contribution in [3.8, 4) is 0 Å². The van der Waals surface area contributed by atoms with Gasteiger partial charge in [0.2, 0.25) is 0 Å². The molecule has 0 amide bonds. The van der Waals surface area contributed by atoms with E-state index in [0.717, 1.165) is 16.6 Å². The molecule has 0 radical (unpaired) electrons. The van der Waals surface area contributed by atoms with Crippen LogP contribution in [0.4, 0.5) is 5.69 Å². The van der Waals surface area contributed by atoms with Crippen molar-refractivity contribution in [2.24, 2.45) is 0 Å². The summed E-state index contributed by atoms with van der Waals surface area (Å²) in [6.07, 6.45) is 3.43. The first-order valence-electron chi connectivity index (χ1n) is 6.43. The Balaban J connectivity index is 1.99. The molecule has 0 saturated carbocycles. The summed E-state index contributed by atoms with van der Waals surface area (Å²) in [7, 11) is 0. The first-order valence-corrected chi connectivity index (χ1v) is 7.19. The van der Waals surface area contributed by atoms with Crippen molar-refractivity contribution in [3.63, 3.8) is 0 Å². The highest BCUT2D eigenvalue weighted by atomic mass is 35.5. The molecule has 0 bridgehead atoms. The number of nitrogens with one attached hydrogen (secondary N) is 1. The molecule has 2 aromatic carbocycles. The van der Waals surface area contributed by atoms with E-state index in [-0.39, 0.29) is 5.69 Å². The number of aromatic nitrogens is 1. The van der Waals surface area contributed by atoms with E-state index < -0.39 is 4.92 Å². The number of hydrogen-bond acceptors (Lipinski definition) is 2. The molecule has 3 rings (SSSR count). The quantitative estimate of drug-likeness (QED) is 0.504. The highest BCUT2D eigenvalue weighted by molar-refractivity contribution is 6.31. The Morgan fingerprint density at radius 3 is 2.50 bits per heavy atom. The third-order valence-electron chi connectivity index (χ3n) is 3.23. The van der Waals surface area contributed by atoms with E-state index in [1.54, 1.807) is 24.3 Å². The molecule has 6 heteroatoms. The zero-order valence-electron chi connectivity index (χ0n) is 11.2. The lowest BCUT2D eigenvalue weighted by Gasteiger charge is -1.98. The summed E-state index contributed by atoms with van der Waals surface area (Å²) < 4.78 is 0. The fraction of sp³-hybridized carbons (Fsp3) is 0. The Hall–Kier alpha value is -2.30. The van der Waals surface area contributed by atoms with Crippen molar-refractivity contribution >= 4 is 51.9 Å². The minimum atomic E-state index is -0.430. The maximum atomic E-state index is 11.0. The zero-order valence-corrected chi connectivity index (χ0v) is 12.7. The Morgan fingerprint density at radius 1 is 1.00 bits per heavy atom. The number of nitro benzene ring substituents is 1. The number of halogens is 2. The predicted octanol–water partition coefficient (Wildman–Crippen LogP) is 5.55. The second-order valence-corrected chi connectivity index (χ2v) is 5.62. The Labute approximate surface area is 136 Å². The summed E-state index contributed by atoms with van der Waals surface area (Å²) in [6.45, 7) is 0. The van der Waals surface area contributed by atoms with Crippen molar-refractivity contribution in [1.29, 1.82) is 0 Å². The molecule has 1 aromatic heterocycles. The summed E-state index contributed by atoms with van der Waals surface area (Å²) in [6, 6.07) is 11.9. The Morgan fingerprint density at radius 2 is 1.73 bits per heavy atom. The smallest absolute Gasteiger partial charge is 0.276 e. The molecule has 0 aliphatic carbocycles. The molecule has 0 fully saturated rings. The monoisotopic (exact) mass is 332 g/mol.